The van der Waals surface area contributed by atoms with Crippen LogP contribution in [0.3, 0.4) is 0 Å². The Hall–Kier alpha value is -2.37. The Morgan fingerprint density at radius 2 is 2.05 bits per heavy atom. The molecule has 2 rings (SSSR count). The van der Waals surface area contributed by atoms with Crippen LogP contribution in [0.4, 0.5) is 4.39 Å². The van der Waals surface area contributed by atoms with Crippen molar-refractivity contribution in [3.63, 3.8) is 0 Å². The van der Waals surface area contributed by atoms with E-state index in [1.165, 1.54) is 18.3 Å². The number of halogens is 1. The van der Waals surface area contributed by atoms with Gasteiger partial charge in [0.05, 0.1) is 24.1 Å². The zero-order chi connectivity index (χ0) is 14.5. The molecule has 0 unspecified atom stereocenters. The van der Waals surface area contributed by atoms with Crippen LogP contribution in [-0.2, 0) is 11.2 Å². The molecule has 104 valence electrons. The molecule has 0 N–H and O–H groups in total. The maximum atomic E-state index is 12.8. The SMILES string of the molecule is CCOC(=O)c1cnc(-c2ccc(F)cn2)nc1CC. The summed E-state index contributed by atoms with van der Waals surface area (Å²) < 4.78 is 17.8. The molecule has 0 saturated carbocycles. The van der Waals surface area contributed by atoms with Crippen molar-refractivity contribution >= 4 is 5.97 Å². The molecular formula is C14H14FN3O2. The average molecular weight is 275 g/mol. The number of hydrogen-bond donors (Lipinski definition) is 0. The van der Waals surface area contributed by atoms with E-state index in [9.17, 15) is 9.18 Å². The van der Waals surface area contributed by atoms with Gasteiger partial charge < -0.3 is 4.74 Å². The fourth-order valence-corrected chi connectivity index (χ4v) is 1.70. The Balaban J connectivity index is 2.38. The van der Waals surface area contributed by atoms with Gasteiger partial charge >= 0.3 is 5.97 Å². The molecule has 0 bridgehead atoms. The first kappa shape index (κ1) is 14.0. The van der Waals surface area contributed by atoms with Crippen LogP contribution in [0.25, 0.3) is 11.5 Å². The number of esters is 1. The van der Waals surface area contributed by atoms with Crippen molar-refractivity contribution in [1.29, 1.82) is 0 Å². The first-order valence-corrected chi connectivity index (χ1v) is 6.30. The summed E-state index contributed by atoms with van der Waals surface area (Å²) in [7, 11) is 0. The Bertz CT molecular complexity index is 614. The van der Waals surface area contributed by atoms with Crippen LogP contribution in [0.1, 0.15) is 29.9 Å². The van der Waals surface area contributed by atoms with Crippen molar-refractivity contribution < 1.29 is 13.9 Å². The topological polar surface area (TPSA) is 65.0 Å². The van der Waals surface area contributed by atoms with Crippen molar-refractivity contribution in [2.24, 2.45) is 0 Å². The lowest BCUT2D eigenvalue weighted by Gasteiger charge is -2.07. The van der Waals surface area contributed by atoms with Crippen LogP contribution in [0, 0.1) is 5.82 Å². The maximum absolute atomic E-state index is 12.8. The molecule has 0 atom stereocenters. The number of hydrogen-bond acceptors (Lipinski definition) is 5. The summed E-state index contributed by atoms with van der Waals surface area (Å²) in [5, 5.41) is 0. The van der Waals surface area contributed by atoms with Crippen LogP contribution in [0.15, 0.2) is 24.5 Å². The number of carbonyl (C=O) groups is 1. The molecule has 0 radical (unpaired) electrons. The van der Waals surface area contributed by atoms with Crippen LogP contribution < -0.4 is 0 Å². The molecule has 2 aromatic heterocycles. The summed E-state index contributed by atoms with van der Waals surface area (Å²) >= 11 is 0. The number of carbonyl (C=O) groups excluding carboxylic acids is 1. The molecule has 5 nitrogen and oxygen atoms in total. The molecule has 0 aliphatic carbocycles. The monoisotopic (exact) mass is 275 g/mol. The largest absolute Gasteiger partial charge is 0.462 e. The number of rotatable bonds is 4. The van der Waals surface area contributed by atoms with E-state index in [2.05, 4.69) is 15.0 Å². The Kier molecular flexibility index (Phi) is 4.34. The van der Waals surface area contributed by atoms with Gasteiger partial charge in [-0.15, -0.1) is 0 Å². The Labute approximate surface area is 115 Å². The van der Waals surface area contributed by atoms with E-state index in [0.717, 1.165) is 6.20 Å². The van der Waals surface area contributed by atoms with Crippen molar-refractivity contribution in [3.8, 4) is 11.5 Å². The molecule has 0 aromatic carbocycles. The molecule has 0 aliphatic heterocycles. The highest BCUT2D eigenvalue weighted by Gasteiger charge is 2.15. The molecular weight excluding hydrogens is 261 g/mol. The Morgan fingerprint density at radius 1 is 1.25 bits per heavy atom. The lowest BCUT2D eigenvalue weighted by molar-refractivity contribution is 0.0524. The lowest BCUT2D eigenvalue weighted by Crippen LogP contribution is -2.11. The van der Waals surface area contributed by atoms with Crippen molar-refractivity contribution in [3.05, 3.63) is 41.6 Å². The predicted molar refractivity (Wildman–Crippen MR) is 70.6 cm³/mol. The van der Waals surface area contributed by atoms with E-state index in [-0.39, 0.29) is 0 Å². The van der Waals surface area contributed by atoms with Gasteiger partial charge in [0.1, 0.15) is 11.5 Å². The van der Waals surface area contributed by atoms with E-state index in [1.807, 2.05) is 6.92 Å². The maximum Gasteiger partial charge on any atom is 0.341 e. The van der Waals surface area contributed by atoms with Gasteiger partial charge in [-0.25, -0.2) is 24.1 Å². The third-order valence-electron chi connectivity index (χ3n) is 2.65. The fourth-order valence-electron chi connectivity index (χ4n) is 1.70. The first-order valence-electron chi connectivity index (χ1n) is 6.30. The molecule has 2 aromatic rings. The van der Waals surface area contributed by atoms with Crippen LogP contribution >= 0.6 is 0 Å². The number of nitrogens with zero attached hydrogens (tertiary/aromatic N) is 3. The van der Waals surface area contributed by atoms with Gasteiger partial charge in [-0.1, -0.05) is 6.92 Å². The predicted octanol–water partition coefficient (Wildman–Crippen LogP) is 2.42. The Morgan fingerprint density at radius 3 is 2.65 bits per heavy atom. The van der Waals surface area contributed by atoms with Gasteiger partial charge in [-0.3, -0.25) is 0 Å². The van der Waals surface area contributed by atoms with Gasteiger partial charge in [0.25, 0.3) is 0 Å². The zero-order valence-corrected chi connectivity index (χ0v) is 11.3. The summed E-state index contributed by atoms with van der Waals surface area (Å²) in [4.78, 5) is 24.1. The van der Waals surface area contributed by atoms with Crippen molar-refractivity contribution in [1.82, 2.24) is 15.0 Å². The molecule has 20 heavy (non-hydrogen) atoms. The fraction of sp³-hybridized carbons (Fsp3) is 0.286. The standard InChI is InChI=1S/C14H14FN3O2/c1-3-11-10(14(19)20-4-2)8-17-13(18-11)12-6-5-9(15)7-16-12/h5-8H,3-4H2,1-2H3. The number of aromatic nitrogens is 3. The average Bonchev–Trinajstić information content (AvgIpc) is 2.47. The molecule has 0 fully saturated rings. The molecule has 0 saturated heterocycles. The zero-order valence-electron chi connectivity index (χ0n) is 11.3. The van der Waals surface area contributed by atoms with E-state index in [4.69, 9.17) is 4.74 Å². The number of ether oxygens (including phenoxy) is 1. The minimum Gasteiger partial charge on any atom is -0.462 e. The highest BCUT2D eigenvalue weighted by Crippen LogP contribution is 2.15. The van der Waals surface area contributed by atoms with E-state index in [0.29, 0.717) is 35.8 Å². The van der Waals surface area contributed by atoms with Gasteiger partial charge in [0, 0.05) is 6.20 Å². The molecule has 0 spiro atoms. The van der Waals surface area contributed by atoms with Gasteiger partial charge in [-0.05, 0) is 25.5 Å². The quantitative estimate of drug-likeness (QED) is 0.802. The molecule has 2 heterocycles. The summed E-state index contributed by atoms with van der Waals surface area (Å²) in [5.41, 5.74) is 1.39. The highest BCUT2D eigenvalue weighted by molar-refractivity contribution is 5.90. The normalized spacial score (nSPS) is 10.3. The summed E-state index contributed by atoms with van der Waals surface area (Å²) in [6, 6.07) is 2.78. The highest BCUT2D eigenvalue weighted by atomic mass is 19.1. The molecule has 0 amide bonds. The van der Waals surface area contributed by atoms with Gasteiger partial charge in [-0.2, -0.15) is 0 Å². The summed E-state index contributed by atoms with van der Waals surface area (Å²) in [6.07, 6.45) is 3.08. The van der Waals surface area contributed by atoms with Gasteiger partial charge in [0.15, 0.2) is 5.82 Å². The lowest BCUT2D eigenvalue weighted by atomic mass is 10.2. The van der Waals surface area contributed by atoms with Crippen LogP contribution in [-0.4, -0.2) is 27.5 Å². The second-order valence-corrected chi connectivity index (χ2v) is 3.99. The second-order valence-electron chi connectivity index (χ2n) is 3.99. The third-order valence-corrected chi connectivity index (χ3v) is 2.65. The van der Waals surface area contributed by atoms with E-state index in [1.54, 1.807) is 6.92 Å². The minimum atomic E-state index is -0.442. The van der Waals surface area contributed by atoms with E-state index >= 15 is 0 Å². The van der Waals surface area contributed by atoms with Gasteiger partial charge in [0.2, 0.25) is 0 Å². The second kappa shape index (κ2) is 6.18. The van der Waals surface area contributed by atoms with E-state index < -0.39 is 11.8 Å². The van der Waals surface area contributed by atoms with Crippen molar-refractivity contribution in [2.45, 2.75) is 20.3 Å². The summed E-state index contributed by atoms with van der Waals surface area (Å²) in [6.45, 7) is 3.91. The number of aryl methyl sites for hydroxylation is 1. The van der Waals surface area contributed by atoms with Crippen LogP contribution in [0.5, 0.6) is 0 Å². The number of pyridine rings is 1. The smallest absolute Gasteiger partial charge is 0.341 e. The van der Waals surface area contributed by atoms with Crippen LogP contribution in [0.2, 0.25) is 0 Å². The molecule has 0 aliphatic rings. The first-order chi connectivity index (χ1) is 9.65. The summed E-state index contributed by atoms with van der Waals surface area (Å²) in [5.74, 6) is -0.509. The molecule has 6 heteroatoms. The third kappa shape index (κ3) is 2.96. The van der Waals surface area contributed by atoms with Crippen molar-refractivity contribution in [2.75, 3.05) is 6.61 Å². The minimum absolute atomic E-state index is 0.295.